The van der Waals surface area contributed by atoms with Gasteiger partial charge in [-0.2, -0.15) is 0 Å². The predicted octanol–water partition coefficient (Wildman–Crippen LogP) is 2.34. The van der Waals surface area contributed by atoms with Crippen molar-refractivity contribution in [3.8, 4) is 5.75 Å². The van der Waals surface area contributed by atoms with E-state index in [0.29, 0.717) is 6.04 Å². The number of piperidine rings is 1. The SMILES string of the molecule is COc1ccc(N)c(N2CCC(N3CCCCC3)C2)c1. The van der Waals surface area contributed by atoms with Crippen molar-refractivity contribution in [3.63, 3.8) is 0 Å². The molecule has 4 nitrogen and oxygen atoms in total. The van der Waals surface area contributed by atoms with Crippen molar-refractivity contribution >= 4 is 11.4 Å². The van der Waals surface area contributed by atoms with Gasteiger partial charge in [0.05, 0.1) is 18.5 Å². The number of nitrogen functional groups attached to an aromatic ring is 1. The Bertz CT molecular complexity index is 457. The summed E-state index contributed by atoms with van der Waals surface area (Å²) in [4.78, 5) is 5.08. The molecule has 0 amide bonds. The molecule has 1 aromatic rings. The summed E-state index contributed by atoms with van der Waals surface area (Å²) in [5.41, 5.74) is 8.12. The van der Waals surface area contributed by atoms with E-state index in [0.717, 1.165) is 30.2 Å². The van der Waals surface area contributed by atoms with Crippen LogP contribution in [-0.2, 0) is 0 Å². The van der Waals surface area contributed by atoms with Crippen molar-refractivity contribution in [2.24, 2.45) is 0 Å². The number of nitrogens with zero attached hydrogens (tertiary/aromatic N) is 2. The first kappa shape index (κ1) is 13.6. The molecule has 2 saturated heterocycles. The molecule has 1 aromatic carbocycles. The van der Waals surface area contributed by atoms with Crippen molar-refractivity contribution < 1.29 is 4.74 Å². The van der Waals surface area contributed by atoms with E-state index >= 15 is 0 Å². The highest BCUT2D eigenvalue weighted by Gasteiger charge is 2.29. The first-order valence-corrected chi connectivity index (χ1v) is 7.70. The molecule has 0 saturated carbocycles. The lowest BCUT2D eigenvalue weighted by Crippen LogP contribution is -2.40. The summed E-state index contributed by atoms with van der Waals surface area (Å²) in [5.74, 6) is 0.885. The van der Waals surface area contributed by atoms with Crippen LogP contribution in [0.15, 0.2) is 18.2 Å². The van der Waals surface area contributed by atoms with Crippen LogP contribution in [0.3, 0.4) is 0 Å². The highest BCUT2D eigenvalue weighted by atomic mass is 16.5. The van der Waals surface area contributed by atoms with Crippen molar-refractivity contribution in [2.45, 2.75) is 31.7 Å². The molecule has 2 aliphatic heterocycles. The van der Waals surface area contributed by atoms with Crippen LogP contribution >= 0.6 is 0 Å². The minimum absolute atomic E-state index is 0.695. The van der Waals surface area contributed by atoms with Gasteiger partial charge in [0.25, 0.3) is 0 Å². The Morgan fingerprint density at radius 2 is 1.95 bits per heavy atom. The third-order valence-electron chi connectivity index (χ3n) is 4.65. The summed E-state index contributed by atoms with van der Waals surface area (Å²) in [6.45, 7) is 4.73. The first-order chi connectivity index (χ1) is 9.78. The largest absolute Gasteiger partial charge is 0.497 e. The van der Waals surface area contributed by atoms with Gasteiger partial charge in [0, 0.05) is 25.2 Å². The molecular formula is C16H25N3O. The van der Waals surface area contributed by atoms with Crippen molar-refractivity contribution in [1.29, 1.82) is 0 Å². The third kappa shape index (κ3) is 2.70. The van der Waals surface area contributed by atoms with Crippen LogP contribution in [0.1, 0.15) is 25.7 Å². The maximum atomic E-state index is 6.14. The topological polar surface area (TPSA) is 41.7 Å². The van der Waals surface area contributed by atoms with Crippen molar-refractivity contribution in [3.05, 3.63) is 18.2 Å². The molecule has 0 aliphatic carbocycles. The fourth-order valence-electron chi connectivity index (χ4n) is 3.47. The van der Waals surface area contributed by atoms with E-state index in [1.807, 2.05) is 12.1 Å². The molecule has 2 aliphatic rings. The zero-order valence-electron chi connectivity index (χ0n) is 12.3. The van der Waals surface area contributed by atoms with Crippen molar-refractivity contribution in [1.82, 2.24) is 4.90 Å². The van der Waals surface area contributed by atoms with Crippen LogP contribution < -0.4 is 15.4 Å². The molecule has 0 spiro atoms. The number of hydrogen-bond donors (Lipinski definition) is 1. The summed E-state index contributed by atoms with van der Waals surface area (Å²) in [6.07, 6.45) is 5.36. The average Bonchev–Trinajstić information content (AvgIpc) is 2.98. The molecule has 2 N–H and O–H groups in total. The molecule has 110 valence electrons. The molecule has 1 unspecified atom stereocenters. The Kier molecular flexibility index (Phi) is 4.01. The number of ether oxygens (including phenoxy) is 1. The minimum Gasteiger partial charge on any atom is -0.497 e. The lowest BCUT2D eigenvalue weighted by atomic mass is 10.1. The van der Waals surface area contributed by atoms with E-state index in [1.54, 1.807) is 7.11 Å². The number of benzene rings is 1. The van der Waals surface area contributed by atoms with Gasteiger partial charge in [-0.1, -0.05) is 6.42 Å². The summed E-state index contributed by atoms with van der Waals surface area (Å²) in [7, 11) is 1.70. The molecule has 20 heavy (non-hydrogen) atoms. The van der Waals surface area contributed by atoms with Crippen LogP contribution in [0.5, 0.6) is 5.75 Å². The van der Waals surface area contributed by atoms with Gasteiger partial charge in [-0.05, 0) is 44.5 Å². The minimum atomic E-state index is 0.695. The number of anilines is 2. The van der Waals surface area contributed by atoms with Gasteiger partial charge in [0.2, 0.25) is 0 Å². The Balaban J connectivity index is 1.70. The fraction of sp³-hybridized carbons (Fsp3) is 0.625. The normalized spacial score (nSPS) is 24.1. The Labute approximate surface area is 121 Å². The number of hydrogen-bond acceptors (Lipinski definition) is 4. The summed E-state index contributed by atoms with van der Waals surface area (Å²) < 4.78 is 5.32. The van der Waals surface area contributed by atoms with Gasteiger partial charge in [-0.25, -0.2) is 0 Å². The summed E-state index contributed by atoms with van der Waals surface area (Å²) in [5, 5.41) is 0. The van der Waals surface area contributed by atoms with Gasteiger partial charge < -0.3 is 15.4 Å². The van der Waals surface area contributed by atoms with E-state index in [1.165, 1.54) is 38.8 Å². The van der Waals surface area contributed by atoms with Crippen LogP contribution in [0.25, 0.3) is 0 Å². The zero-order valence-corrected chi connectivity index (χ0v) is 12.3. The highest BCUT2D eigenvalue weighted by molar-refractivity contribution is 5.70. The zero-order chi connectivity index (χ0) is 13.9. The van der Waals surface area contributed by atoms with E-state index in [9.17, 15) is 0 Å². The molecule has 1 atom stereocenters. The molecule has 0 aromatic heterocycles. The molecule has 2 heterocycles. The van der Waals surface area contributed by atoms with Gasteiger partial charge >= 0.3 is 0 Å². The molecule has 4 heteroatoms. The van der Waals surface area contributed by atoms with Gasteiger partial charge in [-0.15, -0.1) is 0 Å². The van der Waals surface area contributed by atoms with Crippen LogP contribution in [0.2, 0.25) is 0 Å². The predicted molar refractivity (Wildman–Crippen MR) is 83.4 cm³/mol. The number of likely N-dealkylation sites (tertiary alicyclic amines) is 1. The molecular weight excluding hydrogens is 250 g/mol. The lowest BCUT2D eigenvalue weighted by Gasteiger charge is -2.32. The maximum absolute atomic E-state index is 6.14. The number of rotatable bonds is 3. The molecule has 2 fully saturated rings. The Morgan fingerprint density at radius 3 is 2.70 bits per heavy atom. The van der Waals surface area contributed by atoms with E-state index in [4.69, 9.17) is 10.5 Å². The standard InChI is InChI=1S/C16H25N3O/c1-20-14-5-6-15(17)16(11-14)19-10-7-13(12-19)18-8-3-2-4-9-18/h5-6,11,13H,2-4,7-10,12,17H2,1H3. The molecule has 0 bridgehead atoms. The van der Waals surface area contributed by atoms with E-state index < -0.39 is 0 Å². The molecule has 3 rings (SSSR count). The second-order valence-electron chi connectivity index (χ2n) is 5.91. The first-order valence-electron chi connectivity index (χ1n) is 7.70. The second kappa shape index (κ2) is 5.92. The van der Waals surface area contributed by atoms with E-state index in [2.05, 4.69) is 15.9 Å². The van der Waals surface area contributed by atoms with E-state index in [-0.39, 0.29) is 0 Å². The average molecular weight is 275 g/mol. The fourth-order valence-corrected chi connectivity index (χ4v) is 3.47. The smallest absolute Gasteiger partial charge is 0.121 e. The summed E-state index contributed by atoms with van der Waals surface area (Å²) in [6, 6.07) is 6.63. The highest BCUT2D eigenvalue weighted by Crippen LogP contribution is 2.32. The van der Waals surface area contributed by atoms with Crippen LogP contribution in [-0.4, -0.2) is 44.2 Å². The van der Waals surface area contributed by atoms with Crippen LogP contribution in [0.4, 0.5) is 11.4 Å². The lowest BCUT2D eigenvalue weighted by molar-refractivity contribution is 0.175. The number of nitrogens with two attached hydrogens (primary N) is 1. The second-order valence-corrected chi connectivity index (χ2v) is 5.91. The molecule has 0 radical (unpaired) electrons. The van der Waals surface area contributed by atoms with Gasteiger partial charge in [0.1, 0.15) is 5.75 Å². The Morgan fingerprint density at radius 1 is 1.15 bits per heavy atom. The maximum Gasteiger partial charge on any atom is 0.121 e. The van der Waals surface area contributed by atoms with Gasteiger partial charge in [0.15, 0.2) is 0 Å². The summed E-state index contributed by atoms with van der Waals surface area (Å²) >= 11 is 0. The van der Waals surface area contributed by atoms with Gasteiger partial charge in [-0.3, -0.25) is 4.90 Å². The van der Waals surface area contributed by atoms with Crippen molar-refractivity contribution in [2.75, 3.05) is 43.9 Å². The number of methoxy groups -OCH3 is 1. The van der Waals surface area contributed by atoms with Crippen LogP contribution in [0, 0.1) is 0 Å². The quantitative estimate of drug-likeness (QED) is 0.860. The monoisotopic (exact) mass is 275 g/mol. The Hall–Kier alpha value is -1.42. The third-order valence-corrected chi connectivity index (χ3v) is 4.65.